The Bertz CT molecular complexity index is 815. The summed E-state index contributed by atoms with van der Waals surface area (Å²) in [6.07, 6.45) is -9.22. The molecule has 3 N–H and O–H groups in total. The molecule has 0 aliphatic heterocycles. The quantitative estimate of drug-likeness (QED) is 0.445. The number of nitrogens with one attached hydrogen (secondary N) is 2. The first kappa shape index (κ1) is 18.6. The summed E-state index contributed by atoms with van der Waals surface area (Å²) in [6, 6.07) is 7.39. The Hall–Kier alpha value is -2.75. The number of aliphatic hydroxyl groups is 1. The van der Waals surface area contributed by atoms with Crippen LogP contribution in [0.25, 0.3) is 11.1 Å². The van der Waals surface area contributed by atoms with Crippen LogP contribution < -0.4 is 10.2 Å². The van der Waals surface area contributed by atoms with E-state index in [1.807, 2.05) is 0 Å². The number of hydrogen-bond donors (Lipinski definition) is 3. The van der Waals surface area contributed by atoms with Crippen molar-refractivity contribution < 1.29 is 31.8 Å². The molecule has 134 valence electrons. The Kier molecular flexibility index (Phi) is 5.21. The Balaban J connectivity index is 2.33. The average molecular weight is 361 g/mol. The first-order valence-corrected chi connectivity index (χ1v) is 6.77. The number of pyridine rings is 1. The van der Waals surface area contributed by atoms with Gasteiger partial charge in [0.15, 0.2) is 6.10 Å². The number of benzene rings is 1. The van der Waals surface area contributed by atoms with Gasteiger partial charge < -0.3 is 9.84 Å². The zero-order chi connectivity index (χ0) is 18.8. The summed E-state index contributed by atoms with van der Waals surface area (Å²) in [5, 5.41) is 24.5. The number of nitrogens with zero attached hydrogens (tertiary/aromatic N) is 1. The minimum absolute atomic E-state index is 0.314. The Morgan fingerprint density at radius 2 is 1.60 bits per heavy atom. The van der Waals surface area contributed by atoms with Gasteiger partial charge >= 0.3 is 6.36 Å². The fourth-order valence-corrected chi connectivity index (χ4v) is 1.98. The van der Waals surface area contributed by atoms with E-state index >= 15 is 0 Å². The molecule has 0 fully saturated rings. The molecule has 0 saturated carbocycles. The topological polar surface area (TPSA) is 82.1 Å². The highest BCUT2D eigenvalue weighted by Crippen LogP contribution is 2.26. The number of ether oxygens (including phenoxy) is 1. The van der Waals surface area contributed by atoms with Crippen LogP contribution >= 0.6 is 0 Å². The van der Waals surface area contributed by atoms with Crippen molar-refractivity contribution in [1.29, 1.82) is 10.8 Å². The van der Waals surface area contributed by atoms with E-state index in [1.165, 1.54) is 24.3 Å². The van der Waals surface area contributed by atoms with E-state index in [2.05, 4.69) is 4.74 Å². The van der Waals surface area contributed by atoms with Gasteiger partial charge in [0.2, 0.25) is 0 Å². The summed E-state index contributed by atoms with van der Waals surface area (Å²) in [6.45, 7) is 0. The number of aliphatic hydroxyl groups excluding tert-OH is 1. The molecule has 2 rings (SSSR count). The summed E-state index contributed by atoms with van der Waals surface area (Å²) in [4.78, 5) is 0. The normalized spacial score (nSPS) is 12.9. The van der Waals surface area contributed by atoms with Crippen LogP contribution in [0.5, 0.6) is 5.75 Å². The van der Waals surface area contributed by atoms with E-state index in [4.69, 9.17) is 10.8 Å². The van der Waals surface area contributed by atoms with Crippen molar-refractivity contribution in [3.63, 3.8) is 0 Å². The molecule has 0 amide bonds. The standard InChI is InChI=1S/C15H12F5N3O2/c16-13(17)12(24)14(22)23-7-9(3-6-11(23)21)8-1-4-10(5-2-8)25-15(18,19)20/h1-7,12-13,21-22,24H. The molecule has 0 spiro atoms. The third kappa shape index (κ3) is 4.63. The van der Waals surface area contributed by atoms with Gasteiger partial charge in [-0.15, -0.1) is 13.2 Å². The van der Waals surface area contributed by atoms with Gasteiger partial charge in [0.05, 0.1) is 0 Å². The number of aromatic nitrogens is 1. The van der Waals surface area contributed by atoms with Gasteiger partial charge in [-0.25, -0.2) is 8.78 Å². The molecule has 0 saturated heterocycles. The average Bonchev–Trinajstić information content (AvgIpc) is 2.53. The highest BCUT2D eigenvalue weighted by atomic mass is 19.4. The van der Waals surface area contributed by atoms with Crippen molar-refractivity contribution in [2.75, 3.05) is 0 Å². The van der Waals surface area contributed by atoms with Crippen molar-refractivity contribution >= 4 is 5.84 Å². The van der Waals surface area contributed by atoms with Crippen LogP contribution in [0.15, 0.2) is 42.6 Å². The maximum atomic E-state index is 12.5. The molecule has 0 bridgehead atoms. The Morgan fingerprint density at radius 1 is 1.04 bits per heavy atom. The summed E-state index contributed by atoms with van der Waals surface area (Å²) in [5.41, 5.74) is 0.439. The first-order chi connectivity index (χ1) is 11.6. The highest BCUT2D eigenvalue weighted by Gasteiger charge is 2.31. The van der Waals surface area contributed by atoms with E-state index in [1.54, 1.807) is 0 Å². The summed E-state index contributed by atoms with van der Waals surface area (Å²) in [7, 11) is 0. The van der Waals surface area contributed by atoms with Crippen LogP contribution in [0.1, 0.15) is 0 Å². The molecule has 0 aliphatic rings. The molecule has 0 radical (unpaired) electrons. The minimum atomic E-state index is -4.82. The Labute approximate surface area is 137 Å². The van der Waals surface area contributed by atoms with Crippen LogP contribution in [0.3, 0.4) is 0 Å². The molecule has 1 atom stereocenters. The van der Waals surface area contributed by atoms with Crippen LogP contribution in [0, 0.1) is 10.8 Å². The summed E-state index contributed by atoms with van der Waals surface area (Å²) >= 11 is 0. The molecule has 5 nitrogen and oxygen atoms in total. The molecular weight excluding hydrogens is 349 g/mol. The van der Waals surface area contributed by atoms with Crippen molar-refractivity contribution in [1.82, 2.24) is 4.57 Å². The first-order valence-electron chi connectivity index (χ1n) is 6.77. The lowest BCUT2D eigenvalue weighted by molar-refractivity contribution is -0.274. The second-order valence-electron chi connectivity index (χ2n) is 4.91. The van der Waals surface area contributed by atoms with E-state index in [9.17, 15) is 27.1 Å². The van der Waals surface area contributed by atoms with Crippen molar-refractivity contribution in [3.8, 4) is 16.9 Å². The zero-order valence-corrected chi connectivity index (χ0v) is 12.4. The number of halogens is 5. The number of hydrogen-bond acceptors (Lipinski definition) is 4. The highest BCUT2D eigenvalue weighted by molar-refractivity contribution is 5.86. The third-order valence-electron chi connectivity index (χ3n) is 3.15. The van der Waals surface area contributed by atoms with Crippen LogP contribution in [0.2, 0.25) is 0 Å². The summed E-state index contributed by atoms with van der Waals surface area (Å²) < 4.78 is 66.0. The second-order valence-corrected chi connectivity index (χ2v) is 4.91. The van der Waals surface area contributed by atoms with Gasteiger partial charge in [-0.2, -0.15) is 0 Å². The minimum Gasteiger partial charge on any atom is -0.406 e. The number of alkyl halides is 5. The molecule has 1 aromatic carbocycles. The molecule has 25 heavy (non-hydrogen) atoms. The van der Waals surface area contributed by atoms with E-state index in [0.717, 1.165) is 22.9 Å². The van der Waals surface area contributed by atoms with Crippen molar-refractivity contribution in [3.05, 3.63) is 48.1 Å². The summed E-state index contributed by atoms with van der Waals surface area (Å²) in [5.74, 6) is -1.32. The van der Waals surface area contributed by atoms with Crippen LogP contribution in [-0.4, -0.2) is 34.4 Å². The van der Waals surface area contributed by atoms with Gasteiger partial charge in [-0.05, 0) is 35.4 Å². The molecule has 2 aromatic rings. The lowest BCUT2D eigenvalue weighted by Gasteiger charge is -2.15. The molecule has 1 aromatic heterocycles. The maximum absolute atomic E-state index is 12.5. The zero-order valence-electron chi connectivity index (χ0n) is 12.4. The van der Waals surface area contributed by atoms with Crippen molar-refractivity contribution in [2.45, 2.75) is 18.9 Å². The van der Waals surface area contributed by atoms with Gasteiger partial charge in [-0.1, -0.05) is 12.1 Å². The van der Waals surface area contributed by atoms with E-state index in [0.29, 0.717) is 11.1 Å². The molecule has 1 heterocycles. The lowest BCUT2D eigenvalue weighted by Crippen LogP contribution is -2.38. The smallest absolute Gasteiger partial charge is 0.406 e. The monoisotopic (exact) mass is 361 g/mol. The molecule has 1 unspecified atom stereocenters. The predicted octanol–water partition coefficient (Wildman–Crippen LogP) is 2.98. The van der Waals surface area contributed by atoms with Gasteiger partial charge in [0, 0.05) is 6.20 Å². The number of rotatable bonds is 4. The largest absolute Gasteiger partial charge is 0.573 e. The fraction of sp³-hybridized carbons (Fsp3) is 0.200. The van der Waals surface area contributed by atoms with Crippen molar-refractivity contribution in [2.24, 2.45) is 0 Å². The van der Waals surface area contributed by atoms with Gasteiger partial charge in [-0.3, -0.25) is 15.4 Å². The molecule has 0 aliphatic carbocycles. The Morgan fingerprint density at radius 3 is 2.12 bits per heavy atom. The lowest BCUT2D eigenvalue weighted by atomic mass is 10.1. The van der Waals surface area contributed by atoms with E-state index in [-0.39, 0.29) is 5.49 Å². The third-order valence-corrected chi connectivity index (χ3v) is 3.15. The molecular formula is C15H12F5N3O2. The SMILES string of the molecule is N=C(C(O)C(F)F)n1cc(-c2ccc(OC(F)(F)F)cc2)ccc1=N. The van der Waals surface area contributed by atoms with Crippen LogP contribution in [0.4, 0.5) is 22.0 Å². The van der Waals surface area contributed by atoms with E-state index < -0.39 is 30.5 Å². The predicted molar refractivity (Wildman–Crippen MR) is 77.5 cm³/mol. The fourth-order valence-electron chi connectivity index (χ4n) is 1.98. The maximum Gasteiger partial charge on any atom is 0.573 e. The second kappa shape index (κ2) is 7.01. The van der Waals surface area contributed by atoms with Gasteiger partial charge in [0.25, 0.3) is 6.43 Å². The van der Waals surface area contributed by atoms with Crippen LogP contribution in [-0.2, 0) is 0 Å². The van der Waals surface area contributed by atoms with Gasteiger partial charge in [0.1, 0.15) is 17.1 Å². The molecule has 10 heteroatoms.